The SMILES string of the molecule is Nc1c(Cl)cc(NC(=O)c2cnn(-c3ccccc3)n2)cc1Cl. The number of nitrogen functional groups attached to an aromatic ring is 1. The summed E-state index contributed by atoms with van der Waals surface area (Å²) in [6, 6.07) is 12.3. The molecule has 1 aromatic heterocycles. The Hall–Kier alpha value is -2.57. The molecule has 2 aromatic carbocycles. The van der Waals surface area contributed by atoms with Gasteiger partial charge >= 0.3 is 0 Å². The molecule has 3 rings (SSSR count). The van der Waals surface area contributed by atoms with Crippen LogP contribution < -0.4 is 11.1 Å². The monoisotopic (exact) mass is 347 g/mol. The van der Waals surface area contributed by atoms with Crippen molar-refractivity contribution in [2.45, 2.75) is 0 Å². The van der Waals surface area contributed by atoms with E-state index in [0.717, 1.165) is 5.69 Å². The summed E-state index contributed by atoms with van der Waals surface area (Å²) in [6.07, 6.45) is 1.38. The number of rotatable bonds is 3. The highest BCUT2D eigenvalue weighted by Gasteiger charge is 2.13. The maximum absolute atomic E-state index is 12.2. The first-order chi connectivity index (χ1) is 11.0. The van der Waals surface area contributed by atoms with Crippen LogP contribution in [-0.2, 0) is 0 Å². The maximum Gasteiger partial charge on any atom is 0.277 e. The fourth-order valence-corrected chi connectivity index (χ4v) is 2.39. The van der Waals surface area contributed by atoms with Gasteiger partial charge in [-0.3, -0.25) is 4.79 Å². The first kappa shape index (κ1) is 15.3. The summed E-state index contributed by atoms with van der Waals surface area (Å²) in [4.78, 5) is 13.6. The number of nitrogens with zero attached hydrogens (tertiary/aromatic N) is 3. The topological polar surface area (TPSA) is 85.8 Å². The zero-order chi connectivity index (χ0) is 16.4. The van der Waals surface area contributed by atoms with Gasteiger partial charge in [0.05, 0.1) is 27.6 Å². The van der Waals surface area contributed by atoms with E-state index in [2.05, 4.69) is 15.5 Å². The van der Waals surface area contributed by atoms with Crippen LogP contribution >= 0.6 is 23.2 Å². The molecule has 0 fully saturated rings. The number of nitrogens with one attached hydrogen (secondary N) is 1. The van der Waals surface area contributed by atoms with Crippen LogP contribution in [0.15, 0.2) is 48.7 Å². The summed E-state index contributed by atoms with van der Waals surface area (Å²) in [5.74, 6) is -0.427. The minimum atomic E-state index is -0.427. The molecule has 1 heterocycles. The van der Waals surface area contributed by atoms with Crippen LogP contribution in [0.1, 0.15) is 10.5 Å². The minimum absolute atomic E-state index is 0.165. The Morgan fingerprint density at radius 2 is 1.78 bits per heavy atom. The fourth-order valence-electron chi connectivity index (χ4n) is 1.90. The molecular formula is C15H11Cl2N5O. The summed E-state index contributed by atoms with van der Waals surface area (Å²) >= 11 is 11.9. The number of anilines is 2. The van der Waals surface area contributed by atoms with Gasteiger partial charge in [-0.25, -0.2) is 0 Å². The Morgan fingerprint density at radius 3 is 2.43 bits per heavy atom. The lowest BCUT2D eigenvalue weighted by Gasteiger charge is -2.07. The molecular weight excluding hydrogens is 337 g/mol. The molecule has 8 heteroatoms. The zero-order valence-corrected chi connectivity index (χ0v) is 13.2. The molecule has 0 atom stereocenters. The molecule has 6 nitrogen and oxygen atoms in total. The van der Waals surface area contributed by atoms with Crippen molar-refractivity contribution >= 4 is 40.5 Å². The third kappa shape index (κ3) is 3.28. The summed E-state index contributed by atoms with van der Waals surface area (Å²) in [5.41, 5.74) is 7.27. The molecule has 0 unspecified atom stereocenters. The van der Waals surface area contributed by atoms with Crippen molar-refractivity contribution in [2.24, 2.45) is 0 Å². The summed E-state index contributed by atoms with van der Waals surface area (Å²) in [7, 11) is 0. The first-order valence-corrected chi connectivity index (χ1v) is 7.34. The molecule has 0 radical (unpaired) electrons. The van der Waals surface area contributed by atoms with Gasteiger partial charge in [0.2, 0.25) is 0 Å². The average molecular weight is 348 g/mol. The molecule has 0 spiro atoms. The Labute approximate surface area is 141 Å². The Kier molecular flexibility index (Phi) is 4.18. The number of para-hydroxylation sites is 1. The second kappa shape index (κ2) is 6.28. The molecule has 23 heavy (non-hydrogen) atoms. The van der Waals surface area contributed by atoms with Crippen molar-refractivity contribution in [3.63, 3.8) is 0 Å². The van der Waals surface area contributed by atoms with E-state index in [1.807, 2.05) is 30.3 Å². The molecule has 0 saturated heterocycles. The van der Waals surface area contributed by atoms with Gasteiger partial charge in [0.25, 0.3) is 5.91 Å². The highest BCUT2D eigenvalue weighted by atomic mass is 35.5. The number of nitrogens with two attached hydrogens (primary N) is 1. The van der Waals surface area contributed by atoms with E-state index in [0.29, 0.717) is 5.69 Å². The van der Waals surface area contributed by atoms with Crippen molar-refractivity contribution in [3.05, 3.63) is 64.4 Å². The van der Waals surface area contributed by atoms with Gasteiger partial charge in [-0.05, 0) is 24.3 Å². The lowest BCUT2D eigenvalue weighted by atomic mass is 10.2. The third-order valence-electron chi connectivity index (χ3n) is 3.05. The quantitative estimate of drug-likeness (QED) is 0.711. The van der Waals surface area contributed by atoms with Crippen molar-refractivity contribution in [1.82, 2.24) is 15.0 Å². The third-order valence-corrected chi connectivity index (χ3v) is 3.67. The van der Waals surface area contributed by atoms with E-state index in [-0.39, 0.29) is 21.4 Å². The Balaban J connectivity index is 1.81. The number of halogens is 2. The van der Waals surface area contributed by atoms with Gasteiger partial charge in [-0.15, -0.1) is 5.10 Å². The summed E-state index contributed by atoms with van der Waals surface area (Å²) < 4.78 is 0. The Morgan fingerprint density at radius 1 is 1.13 bits per heavy atom. The number of hydrogen-bond donors (Lipinski definition) is 2. The van der Waals surface area contributed by atoms with E-state index >= 15 is 0 Å². The van der Waals surface area contributed by atoms with Crippen LogP contribution in [0.3, 0.4) is 0 Å². The van der Waals surface area contributed by atoms with Gasteiger partial charge in [-0.2, -0.15) is 9.90 Å². The van der Waals surface area contributed by atoms with Crippen LogP contribution in [0.2, 0.25) is 10.0 Å². The average Bonchev–Trinajstić information content (AvgIpc) is 3.03. The van der Waals surface area contributed by atoms with Crippen LogP contribution in [0, 0.1) is 0 Å². The number of hydrogen-bond acceptors (Lipinski definition) is 4. The number of carbonyl (C=O) groups excluding carboxylic acids is 1. The standard InChI is InChI=1S/C15H11Cl2N5O/c16-11-6-9(7-12(17)14(11)18)20-15(23)13-8-19-22(21-13)10-4-2-1-3-5-10/h1-8H,18H2,(H,20,23). The molecule has 0 aliphatic rings. The molecule has 0 aliphatic carbocycles. The van der Waals surface area contributed by atoms with Crippen molar-refractivity contribution in [3.8, 4) is 5.69 Å². The predicted octanol–water partition coefficient (Wildman–Crippen LogP) is 3.41. The van der Waals surface area contributed by atoms with E-state index in [1.165, 1.54) is 23.1 Å². The van der Waals surface area contributed by atoms with Gasteiger partial charge in [0.1, 0.15) is 0 Å². The van der Waals surface area contributed by atoms with E-state index in [1.54, 1.807) is 0 Å². The smallest absolute Gasteiger partial charge is 0.277 e. The van der Waals surface area contributed by atoms with E-state index < -0.39 is 5.91 Å². The molecule has 3 aromatic rings. The summed E-state index contributed by atoms with van der Waals surface area (Å²) in [5, 5.41) is 11.4. The van der Waals surface area contributed by atoms with Crippen molar-refractivity contribution < 1.29 is 4.79 Å². The molecule has 3 N–H and O–H groups in total. The first-order valence-electron chi connectivity index (χ1n) is 6.58. The van der Waals surface area contributed by atoms with Gasteiger partial charge < -0.3 is 11.1 Å². The number of benzene rings is 2. The summed E-state index contributed by atoms with van der Waals surface area (Å²) in [6.45, 7) is 0. The highest BCUT2D eigenvalue weighted by molar-refractivity contribution is 6.39. The van der Waals surface area contributed by atoms with Crippen molar-refractivity contribution in [2.75, 3.05) is 11.1 Å². The van der Waals surface area contributed by atoms with Crippen molar-refractivity contribution in [1.29, 1.82) is 0 Å². The van der Waals surface area contributed by atoms with Gasteiger partial charge in [-0.1, -0.05) is 41.4 Å². The van der Waals surface area contributed by atoms with E-state index in [4.69, 9.17) is 28.9 Å². The predicted molar refractivity (Wildman–Crippen MR) is 90.2 cm³/mol. The Bertz CT molecular complexity index is 840. The fraction of sp³-hybridized carbons (Fsp3) is 0. The second-order valence-corrected chi connectivity index (χ2v) is 5.48. The molecule has 116 valence electrons. The molecule has 0 saturated carbocycles. The second-order valence-electron chi connectivity index (χ2n) is 4.66. The van der Waals surface area contributed by atoms with E-state index in [9.17, 15) is 4.79 Å². The van der Waals surface area contributed by atoms with Crippen LogP contribution in [-0.4, -0.2) is 20.9 Å². The van der Waals surface area contributed by atoms with Crippen LogP contribution in [0.5, 0.6) is 0 Å². The number of carbonyl (C=O) groups is 1. The van der Waals surface area contributed by atoms with Gasteiger partial charge in [0.15, 0.2) is 5.69 Å². The molecule has 0 bridgehead atoms. The zero-order valence-electron chi connectivity index (χ0n) is 11.7. The number of amides is 1. The minimum Gasteiger partial charge on any atom is -0.396 e. The largest absolute Gasteiger partial charge is 0.396 e. The van der Waals surface area contributed by atoms with Crippen LogP contribution in [0.25, 0.3) is 5.69 Å². The number of aromatic nitrogens is 3. The molecule has 1 amide bonds. The normalized spacial score (nSPS) is 10.5. The highest BCUT2D eigenvalue weighted by Crippen LogP contribution is 2.31. The lowest BCUT2D eigenvalue weighted by molar-refractivity contribution is 0.102. The maximum atomic E-state index is 12.2. The molecule has 0 aliphatic heterocycles. The lowest BCUT2D eigenvalue weighted by Crippen LogP contribution is -2.13. The van der Waals surface area contributed by atoms with Crippen LogP contribution in [0.4, 0.5) is 11.4 Å². The van der Waals surface area contributed by atoms with Gasteiger partial charge in [0, 0.05) is 5.69 Å².